The fraction of sp³-hybridized carbons (Fsp3) is 0.462. The molecule has 6 heteroatoms. The Morgan fingerprint density at radius 3 is 2.79 bits per heavy atom. The summed E-state index contributed by atoms with van der Waals surface area (Å²) in [5.74, 6) is -0.429. The number of methoxy groups -OCH3 is 1. The minimum atomic E-state index is -0.839. The number of carbonyl (C=O) groups is 1. The standard InChI is InChI=1S/C13H20N2O3S/c1-9(19(3)17)6-7-15-12-5-4-10(14)8-11(12)13(16)18-2/h4-5,8-9,15H,6-7,14H2,1-3H3. The third-order valence-electron chi connectivity index (χ3n) is 2.88. The fourth-order valence-corrected chi connectivity index (χ4v) is 2.02. The van der Waals surface area contributed by atoms with E-state index in [1.165, 1.54) is 7.11 Å². The van der Waals surface area contributed by atoms with E-state index in [4.69, 9.17) is 10.5 Å². The average molecular weight is 284 g/mol. The highest BCUT2D eigenvalue weighted by atomic mass is 32.2. The minimum absolute atomic E-state index is 0.114. The number of nitrogen functional groups attached to an aromatic ring is 1. The van der Waals surface area contributed by atoms with Crippen LogP contribution in [0.2, 0.25) is 0 Å². The lowest BCUT2D eigenvalue weighted by molar-refractivity contribution is 0.0602. The first-order valence-corrected chi connectivity index (χ1v) is 7.61. The lowest BCUT2D eigenvalue weighted by Crippen LogP contribution is -2.16. The number of carbonyl (C=O) groups excluding carboxylic acids is 1. The van der Waals surface area contributed by atoms with Gasteiger partial charge in [0.15, 0.2) is 0 Å². The van der Waals surface area contributed by atoms with Gasteiger partial charge in [-0.25, -0.2) is 4.79 Å². The summed E-state index contributed by atoms with van der Waals surface area (Å²) in [4.78, 5) is 11.6. The third kappa shape index (κ3) is 4.55. The van der Waals surface area contributed by atoms with Crippen molar-refractivity contribution < 1.29 is 13.7 Å². The maximum absolute atomic E-state index is 11.6. The molecule has 0 aliphatic carbocycles. The first-order valence-electron chi connectivity index (χ1n) is 5.99. The SMILES string of the molecule is COC(=O)c1cc(N)ccc1NCCC(C)S(C)=O. The van der Waals surface area contributed by atoms with Crippen molar-refractivity contribution >= 4 is 28.1 Å². The molecular weight excluding hydrogens is 264 g/mol. The van der Waals surface area contributed by atoms with E-state index >= 15 is 0 Å². The molecule has 3 N–H and O–H groups in total. The van der Waals surface area contributed by atoms with Crippen LogP contribution in [-0.2, 0) is 15.5 Å². The van der Waals surface area contributed by atoms with Gasteiger partial charge >= 0.3 is 5.97 Å². The molecule has 1 aromatic rings. The number of nitrogens with two attached hydrogens (primary N) is 1. The zero-order valence-corrected chi connectivity index (χ0v) is 12.3. The van der Waals surface area contributed by atoms with Gasteiger partial charge in [-0.05, 0) is 24.6 Å². The summed E-state index contributed by atoms with van der Waals surface area (Å²) in [6, 6.07) is 5.04. The molecule has 0 heterocycles. The molecule has 0 saturated carbocycles. The van der Waals surface area contributed by atoms with E-state index in [2.05, 4.69) is 5.32 Å². The van der Waals surface area contributed by atoms with Gasteiger partial charge in [0.25, 0.3) is 0 Å². The maximum atomic E-state index is 11.6. The summed E-state index contributed by atoms with van der Waals surface area (Å²) in [5, 5.41) is 3.26. The number of benzene rings is 1. The van der Waals surface area contributed by atoms with Gasteiger partial charge in [0.1, 0.15) is 0 Å². The summed E-state index contributed by atoms with van der Waals surface area (Å²) in [7, 11) is 0.492. The van der Waals surface area contributed by atoms with Crippen molar-refractivity contribution in [2.75, 3.05) is 31.0 Å². The zero-order valence-electron chi connectivity index (χ0n) is 11.4. The predicted octanol–water partition coefficient (Wildman–Crippen LogP) is 1.62. The Bertz CT molecular complexity index is 477. The smallest absolute Gasteiger partial charge is 0.340 e. The molecule has 0 aromatic heterocycles. The van der Waals surface area contributed by atoms with Crippen molar-refractivity contribution in [2.45, 2.75) is 18.6 Å². The van der Waals surface area contributed by atoms with Crippen LogP contribution in [-0.4, -0.2) is 35.3 Å². The van der Waals surface area contributed by atoms with E-state index in [9.17, 15) is 9.00 Å². The van der Waals surface area contributed by atoms with Crippen molar-refractivity contribution in [2.24, 2.45) is 0 Å². The Kier molecular flexibility index (Phi) is 5.82. The lowest BCUT2D eigenvalue weighted by Gasteiger charge is -2.13. The summed E-state index contributed by atoms with van der Waals surface area (Å²) >= 11 is 0. The molecule has 5 nitrogen and oxygen atoms in total. The highest BCUT2D eigenvalue weighted by molar-refractivity contribution is 7.84. The van der Waals surface area contributed by atoms with Gasteiger partial charge < -0.3 is 15.8 Å². The van der Waals surface area contributed by atoms with Gasteiger partial charge in [-0.15, -0.1) is 0 Å². The second-order valence-corrected chi connectivity index (χ2v) is 6.12. The van der Waals surface area contributed by atoms with E-state index in [1.54, 1.807) is 24.5 Å². The molecule has 1 aromatic carbocycles. The van der Waals surface area contributed by atoms with Crippen LogP contribution in [0.5, 0.6) is 0 Å². The van der Waals surface area contributed by atoms with Crippen LogP contribution in [0, 0.1) is 0 Å². The third-order valence-corrected chi connectivity index (χ3v) is 4.25. The molecular formula is C13H20N2O3S. The molecule has 0 radical (unpaired) electrons. The molecule has 0 aliphatic heterocycles. The summed E-state index contributed by atoms with van der Waals surface area (Å²) in [6.07, 6.45) is 2.45. The van der Waals surface area contributed by atoms with Gasteiger partial charge in [0, 0.05) is 40.2 Å². The molecule has 0 bridgehead atoms. The van der Waals surface area contributed by atoms with Gasteiger partial charge in [0.05, 0.1) is 12.7 Å². The molecule has 2 unspecified atom stereocenters. The first-order chi connectivity index (χ1) is 8.95. The van der Waals surface area contributed by atoms with Crippen LogP contribution in [0.1, 0.15) is 23.7 Å². The number of nitrogens with one attached hydrogen (secondary N) is 1. The van der Waals surface area contributed by atoms with Gasteiger partial charge in [0.2, 0.25) is 0 Å². The fourth-order valence-electron chi connectivity index (χ4n) is 1.57. The van der Waals surface area contributed by atoms with Crippen molar-refractivity contribution in [1.29, 1.82) is 0 Å². The quantitative estimate of drug-likeness (QED) is 0.613. The molecule has 0 amide bonds. The van der Waals surface area contributed by atoms with E-state index in [1.807, 2.05) is 6.92 Å². The minimum Gasteiger partial charge on any atom is -0.465 e. The second-order valence-electron chi connectivity index (χ2n) is 4.32. The van der Waals surface area contributed by atoms with Crippen molar-refractivity contribution in [3.8, 4) is 0 Å². The lowest BCUT2D eigenvalue weighted by atomic mass is 10.1. The molecule has 0 saturated heterocycles. The largest absolute Gasteiger partial charge is 0.465 e. The monoisotopic (exact) mass is 284 g/mol. The van der Waals surface area contributed by atoms with E-state index in [0.717, 1.165) is 6.42 Å². The molecule has 1 rings (SSSR count). The molecule has 0 aliphatic rings. The van der Waals surface area contributed by atoms with E-state index in [-0.39, 0.29) is 5.25 Å². The Balaban J connectivity index is 2.72. The van der Waals surface area contributed by atoms with Gasteiger partial charge in [-0.1, -0.05) is 6.92 Å². The van der Waals surface area contributed by atoms with Gasteiger partial charge in [-0.3, -0.25) is 4.21 Å². The molecule has 0 spiro atoms. The molecule has 106 valence electrons. The normalized spacial score (nSPS) is 13.6. The van der Waals surface area contributed by atoms with Crippen LogP contribution < -0.4 is 11.1 Å². The number of rotatable bonds is 6. The van der Waals surface area contributed by atoms with Gasteiger partial charge in [-0.2, -0.15) is 0 Å². The maximum Gasteiger partial charge on any atom is 0.340 e. The average Bonchev–Trinajstić information content (AvgIpc) is 2.39. The molecule has 19 heavy (non-hydrogen) atoms. The number of anilines is 2. The zero-order chi connectivity index (χ0) is 14.4. The summed E-state index contributed by atoms with van der Waals surface area (Å²) < 4.78 is 16.0. The Labute approximate surface area is 116 Å². The summed E-state index contributed by atoms with van der Waals surface area (Å²) in [5.41, 5.74) is 7.26. The second kappa shape index (κ2) is 7.13. The number of hydrogen-bond donors (Lipinski definition) is 2. The molecule has 2 atom stereocenters. The van der Waals surface area contributed by atoms with Crippen LogP contribution in [0.15, 0.2) is 18.2 Å². The Morgan fingerprint density at radius 2 is 2.21 bits per heavy atom. The number of hydrogen-bond acceptors (Lipinski definition) is 5. The number of esters is 1. The number of ether oxygens (including phenoxy) is 1. The van der Waals surface area contributed by atoms with Crippen molar-refractivity contribution in [1.82, 2.24) is 0 Å². The summed E-state index contributed by atoms with van der Waals surface area (Å²) in [6.45, 7) is 2.57. The van der Waals surface area contributed by atoms with Crippen LogP contribution in [0.25, 0.3) is 0 Å². The first kappa shape index (κ1) is 15.5. The Morgan fingerprint density at radius 1 is 1.53 bits per heavy atom. The highest BCUT2D eigenvalue weighted by Crippen LogP contribution is 2.20. The van der Waals surface area contributed by atoms with Crippen LogP contribution in [0.3, 0.4) is 0 Å². The topological polar surface area (TPSA) is 81.4 Å². The predicted molar refractivity (Wildman–Crippen MR) is 78.8 cm³/mol. The Hall–Kier alpha value is -1.56. The van der Waals surface area contributed by atoms with Crippen molar-refractivity contribution in [3.05, 3.63) is 23.8 Å². The van der Waals surface area contributed by atoms with E-state index < -0.39 is 16.8 Å². The molecule has 0 fully saturated rings. The van der Waals surface area contributed by atoms with Crippen molar-refractivity contribution in [3.63, 3.8) is 0 Å². The van der Waals surface area contributed by atoms with E-state index in [0.29, 0.717) is 23.5 Å². The van der Waals surface area contributed by atoms with Crippen LogP contribution in [0.4, 0.5) is 11.4 Å². The van der Waals surface area contributed by atoms with Crippen LogP contribution >= 0.6 is 0 Å². The highest BCUT2D eigenvalue weighted by Gasteiger charge is 2.12.